The van der Waals surface area contributed by atoms with E-state index in [2.05, 4.69) is 10.3 Å². The zero-order valence-electron chi connectivity index (χ0n) is 17.6. The first kappa shape index (κ1) is 24.2. The van der Waals surface area contributed by atoms with Gasteiger partial charge < -0.3 is 20.5 Å². The maximum Gasteiger partial charge on any atom is 0.417 e. The second-order valence-electron chi connectivity index (χ2n) is 7.70. The van der Waals surface area contributed by atoms with Crippen LogP contribution in [0, 0.1) is 28.9 Å². The van der Waals surface area contributed by atoms with Crippen molar-refractivity contribution in [2.24, 2.45) is 5.92 Å². The van der Waals surface area contributed by atoms with Gasteiger partial charge in [-0.15, -0.1) is 0 Å². The number of aromatic nitrogens is 1. The molecule has 0 saturated carbocycles. The van der Waals surface area contributed by atoms with Crippen molar-refractivity contribution in [1.82, 2.24) is 4.98 Å². The summed E-state index contributed by atoms with van der Waals surface area (Å²) in [5.74, 6) is -7.12. The van der Waals surface area contributed by atoms with Crippen LogP contribution in [0.2, 0.25) is 0 Å². The first-order valence-corrected chi connectivity index (χ1v) is 9.58. The van der Waals surface area contributed by atoms with Crippen LogP contribution in [0.4, 0.5) is 33.3 Å². The summed E-state index contributed by atoms with van der Waals surface area (Å²) in [7, 11) is 1.03. The van der Waals surface area contributed by atoms with Gasteiger partial charge in [0.1, 0.15) is 17.9 Å². The van der Waals surface area contributed by atoms with Crippen molar-refractivity contribution in [2.45, 2.75) is 37.6 Å². The van der Waals surface area contributed by atoms with Crippen molar-refractivity contribution in [3.05, 3.63) is 47.3 Å². The minimum Gasteiger partial charge on any atom is -0.493 e. The summed E-state index contributed by atoms with van der Waals surface area (Å²) >= 11 is 0. The fourth-order valence-electron chi connectivity index (χ4n) is 3.88. The number of carbonyl (C=O) groups is 1. The summed E-state index contributed by atoms with van der Waals surface area (Å²) in [5.41, 5.74) is 2.57. The van der Waals surface area contributed by atoms with E-state index in [1.807, 2.05) is 0 Å². The molecule has 4 atom stereocenters. The molecule has 0 radical (unpaired) electrons. The molecule has 3 rings (SSSR count). The number of hydrogen-bond donors (Lipinski definition) is 2. The number of nitrogens with one attached hydrogen (secondary N) is 1. The third-order valence-corrected chi connectivity index (χ3v) is 5.88. The van der Waals surface area contributed by atoms with Gasteiger partial charge in [0.25, 0.3) is 5.91 Å². The van der Waals surface area contributed by atoms with E-state index in [0.717, 1.165) is 38.4 Å². The van der Waals surface area contributed by atoms with Crippen LogP contribution in [0.25, 0.3) is 0 Å². The molecule has 0 bridgehead atoms. The highest BCUT2D eigenvalue weighted by Crippen LogP contribution is 2.55. The molecule has 176 valence electrons. The molecule has 1 aliphatic rings. The van der Waals surface area contributed by atoms with Crippen LogP contribution in [0.5, 0.6) is 5.75 Å². The van der Waals surface area contributed by atoms with Gasteiger partial charge in [0.05, 0.1) is 24.7 Å². The van der Waals surface area contributed by atoms with Gasteiger partial charge in [-0.05, 0) is 13.0 Å². The Labute approximate surface area is 185 Å². The van der Waals surface area contributed by atoms with E-state index in [0.29, 0.717) is 0 Å². The number of ether oxygens (including phenoxy) is 2. The Morgan fingerprint density at radius 3 is 2.61 bits per heavy atom. The monoisotopic (exact) mass is 470 g/mol. The first-order valence-electron chi connectivity index (χ1n) is 9.58. The molecular formula is C21H19F5N4O3. The van der Waals surface area contributed by atoms with Crippen molar-refractivity contribution in [3.63, 3.8) is 0 Å². The molecule has 7 nitrogen and oxygen atoms in total. The van der Waals surface area contributed by atoms with Crippen LogP contribution in [0.1, 0.15) is 31.0 Å². The number of anilines is 2. The lowest BCUT2D eigenvalue weighted by molar-refractivity contribution is -0.272. The van der Waals surface area contributed by atoms with Crippen molar-refractivity contribution < 1.29 is 36.2 Å². The number of alkyl halides is 3. The molecule has 0 aliphatic carbocycles. The van der Waals surface area contributed by atoms with Gasteiger partial charge in [-0.2, -0.15) is 22.8 Å². The van der Waals surface area contributed by atoms with E-state index in [9.17, 15) is 26.7 Å². The highest BCUT2D eigenvalue weighted by atomic mass is 19.4. The largest absolute Gasteiger partial charge is 0.493 e. The summed E-state index contributed by atoms with van der Waals surface area (Å²) in [6.45, 7) is 1.97. The molecular weight excluding hydrogens is 451 g/mol. The van der Waals surface area contributed by atoms with Crippen LogP contribution in [0.15, 0.2) is 24.4 Å². The lowest BCUT2D eigenvalue weighted by Crippen LogP contribution is -2.47. The topological polar surface area (TPSA) is 110 Å². The predicted molar refractivity (Wildman–Crippen MR) is 106 cm³/mol. The Balaban J connectivity index is 2.11. The van der Waals surface area contributed by atoms with Gasteiger partial charge in [-0.1, -0.05) is 13.0 Å². The third kappa shape index (κ3) is 4.04. The standard InChI is InChI=1S/C21H19F5N4O3/c1-9-15(11-4-5-12(22)16(23)17(11)32-3)18(33-20(9,2)21(24,25)26)19(31)30-14-6-10(7-27)29-8-13(14)28/h4-6,8-9,15,18H,28H2,1-3H3,(H,29,30,31)/t9-,15-,18+,20+/m0/s1. The van der Waals surface area contributed by atoms with E-state index >= 15 is 0 Å². The fourth-order valence-corrected chi connectivity index (χ4v) is 3.88. The predicted octanol–water partition coefficient (Wildman–Crippen LogP) is 3.90. The van der Waals surface area contributed by atoms with Crippen LogP contribution >= 0.6 is 0 Å². The second-order valence-corrected chi connectivity index (χ2v) is 7.70. The molecule has 2 aromatic rings. The molecule has 3 N–H and O–H groups in total. The molecule has 0 spiro atoms. The number of pyridine rings is 1. The average molecular weight is 470 g/mol. The second kappa shape index (κ2) is 8.47. The van der Waals surface area contributed by atoms with E-state index in [1.165, 1.54) is 6.92 Å². The lowest BCUT2D eigenvalue weighted by atomic mass is 9.77. The number of nitrogens with zero attached hydrogens (tertiary/aromatic N) is 2. The Morgan fingerprint density at radius 1 is 1.36 bits per heavy atom. The van der Waals surface area contributed by atoms with Crippen molar-refractivity contribution in [3.8, 4) is 11.8 Å². The van der Waals surface area contributed by atoms with Crippen LogP contribution in [-0.4, -0.2) is 35.9 Å². The molecule has 33 heavy (non-hydrogen) atoms. The number of nitriles is 1. The fraction of sp³-hybridized carbons (Fsp3) is 0.381. The summed E-state index contributed by atoms with van der Waals surface area (Å²) < 4.78 is 80.1. The maximum absolute atomic E-state index is 14.4. The van der Waals surface area contributed by atoms with E-state index in [1.54, 1.807) is 6.07 Å². The highest BCUT2D eigenvalue weighted by molar-refractivity contribution is 5.97. The molecule has 1 aliphatic heterocycles. The molecule has 1 aromatic heterocycles. The Hall–Kier alpha value is -3.46. The summed E-state index contributed by atoms with van der Waals surface area (Å²) in [4.78, 5) is 16.8. The summed E-state index contributed by atoms with van der Waals surface area (Å²) in [6, 6.07) is 4.68. The normalized spacial score (nSPS) is 24.9. The quantitative estimate of drug-likeness (QED) is 0.656. The Bertz CT molecular complexity index is 1130. The number of halogens is 5. The zero-order chi connectivity index (χ0) is 24.7. The number of carbonyl (C=O) groups excluding carboxylic acids is 1. The number of nitrogens with two attached hydrogens (primary N) is 1. The minimum absolute atomic E-state index is 0.0473. The Morgan fingerprint density at radius 2 is 2.03 bits per heavy atom. The lowest BCUT2D eigenvalue weighted by Gasteiger charge is -2.32. The molecule has 1 amide bonds. The molecule has 2 heterocycles. The smallest absolute Gasteiger partial charge is 0.417 e. The van der Waals surface area contributed by atoms with Gasteiger partial charge in [0.2, 0.25) is 5.82 Å². The van der Waals surface area contributed by atoms with Crippen molar-refractivity contribution in [1.29, 1.82) is 5.26 Å². The van der Waals surface area contributed by atoms with Gasteiger partial charge >= 0.3 is 6.18 Å². The minimum atomic E-state index is -4.89. The number of hydrogen-bond acceptors (Lipinski definition) is 6. The van der Waals surface area contributed by atoms with Gasteiger partial charge in [-0.25, -0.2) is 9.37 Å². The highest BCUT2D eigenvalue weighted by Gasteiger charge is 2.65. The number of nitrogen functional groups attached to an aromatic ring is 1. The van der Waals surface area contributed by atoms with Gasteiger partial charge in [0.15, 0.2) is 17.2 Å². The first-order chi connectivity index (χ1) is 15.4. The van der Waals surface area contributed by atoms with Gasteiger partial charge in [-0.3, -0.25) is 4.79 Å². The SMILES string of the molecule is COc1c([C@H]2[C@H](C(=O)Nc3cc(C#N)ncc3N)O[C@@](C)(C(F)(F)F)[C@H]2C)ccc(F)c1F. The van der Waals surface area contributed by atoms with E-state index < -0.39 is 53.0 Å². The van der Waals surface area contributed by atoms with E-state index in [-0.39, 0.29) is 22.6 Å². The number of amides is 1. The van der Waals surface area contributed by atoms with Crippen LogP contribution in [-0.2, 0) is 9.53 Å². The molecule has 12 heteroatoms. The number of methoxy groups -OCH3 is 1. The molecule has 1 aromatic carbocycles. The maximum atomic E-state index is 14.4. The number of rotatable bonds is 4. The molecule has 1 fully saturated rings. The Kier molecular flexibility index (Phi) is 6.21. The molecule has 1 saturated heterocycles. The zero-order valence-corrected chi connectivity index (χ0v) is 17.6. The number of benzene rings is 1. The summed E-state index contributed by atoms with van der Waals surface area (Å²) in [5, 5.41) is 11.3. The van der Waals surface area contributed by atoms with Crippen molar-refractivity contribution >= 4 is 17.3 Å². The van der Waals surface area contributed by atoms with Crippen LogP contribution < -0.4 is 15.8 Å². The van der Waals surface area contributed by atoms with Crippen LogP contribution in [0.3, 0.4) is 0 Å². The third-order valence-electron chi connectivity index (χ3n) is 5.88. The molecule has 0 unspecified atom stereocenters. The average Bonchev–Trinajstić information content (AvgIpc) is 3.03. The summed E-state index contributed by atoms with van der Waals surface area (Å²) in [6.07, 6.45) is -5.58. The van der Waals surface area contributed by atoms with E-state index in [4.69, 9.17) is 20.5 Å². The van der Waals surface area contributed by atoms with Gasteiger partial charge in [0, 0.05) is 23.5 Å². The van der Waals surface area contributed by atoms with Crippen molar-refractivity contribution in [2.75, 3.05) is 18.2 Å².